The van der Waals surface area contributed by atoms with Crippen LogP contribution < -0.4 is 4.74 Å². The summed E-state index contributed by atoms with van der Waals surface area (Å²) < 4.78 is 6.12. The first kappa shape index (κ1) is 28.0. The molecule has 2 rings (SSSR count). The summed E-state index contributed by atoms with van der Waals surface area (Å²) in [5.41, 5.74) is 3.42. The standard InChI is InChI=1S/C31H46O3/c1-13-30(9,10)20-15-16-23(31(11,12)14-2)25(19-20)34-27(33)22-17-21(28(3,4)5)18-24(26(22)32)29(6,7)8/h15-19,32H,13-14H2,1-12H3. The Labute approximate surface area is 207 Å². The molecule has 34 heavy (non-hydrogen) atoms. The minimum atomic E-state index is -0.520. The highest BCUT2D eigenvalue weighted by Crippen LogP contribution is 2.41. The molecular weight excluding hydrogens is 420 g/mol. The number of benzene rings is 2. The van der Waals surface area contributed by atoms with Crippen molar-refractivity contribution in [3.05, 3.63) is 58.1 Å². The average Bonchev–Trinajstić information content (AvgIpc) is 2.71. The smallest absolute Gasteiger partial charge is 0.347 e. The van der Waals surface area contributed by atoms with Gasteiger partial charge in [-0.25, -0.2) is 4.79 Å². The Kier molecular flexibility index (Phi) is 7.72. The quantitative estimate of drug-likeness (QED) is 0.342. The van der Waals surface area contributed by atoms with Gasteiger partial charge in [0.25, 0.3) is 0 Å². The van der Waals surface area contributed by atoms with Crippen molar-refractivity contribution < 1.29 is 14.6 Å². The van der Waals surface area contributed by atoms with E-state index in [0.29, 0.717) is 5.75 Å². The van der Waals surface area contributed by atoms with E-state index in [0.717, 1.165) is 35.1 Å². The van der Waals surface area contributed by atoms with Crippen LogP contribution in [0.1, 0.15) is 129 Å². The highest BCUT2D eigenvalue weighted by atomic mass is 16.5. The second kappa shape index (κ2) is 9.40. The molecule has 3 heteroatoms. The maximum atomic E-state index is 13.6. The molecule has 0 spiro atoms. The van der Waals surface area contributed by atoms with E-state index in [9.17, 15) is 9.90 Å². The second-order valence-corrected chi connectivity index (χ2v) is 13.0. The van der Waals surface area contributed by atoms with Crippen molar-refractivity contribution in [1.29, 1.82) is 0 Å². The molecular formula is C31H46O3. The van der Waals surface area contributed by atoms with Crippen molar-refractivity contribution in [3.63, 3.8) is 0 Å². The maximum Gasteiger partial charge on any atom is 0.347 e. The molecule has 0 aliphatic carbocycles. The fourth-order valence-corrected chi connectivity index (χ4v) is 3.93. The van der Waals surface area contributed by atoms with E-state index in [1.807, 2.05) is 32.9 Å². The van der Waals surface area contributed by atoms with Gasteiger partial charge in [0.15, 0.2) is 0 Å². The Morgan fingerprint density at radius 2 is 1.29 bits per heavy atom. The minimum absolute atomic E-state index is 0.00634. The average molecular weight is 467 g/mol. The van der Waals surface area contributed by atoms with Crippen molar-refractivity contribution in [2.75, 3.05) is 0 Å². The first-order valence-electron chi connectivity index (χ1n) is 12.6. The lowest BCUT2D eigenvalue weighted by Gasteiger charge is -2.30. The number of hydrogen-bond donors (Lipinski definition) is 1. The van der Waals surface area contributed by atoms with E-state index in [4.69, 9.17) is 4.74 Å². The van der Waals surface area contributed by atoms with Gasteiger partial charge in [-0.05, 0) is 57.8 Å². The third kappa shape index (κ3) is 5.85. The third-order valence-electron chi connectivity index (χ3n) is 7.47. The number of hydrogen-bond acceptors (Lipinski definition) is 3. The SMILES string of the molecule is CCC(C)(C)c1ccc(C(C)(C)CC)c(OC(=O)c2cc(C(C)(C)C)cc(C(C)(C)C)c2O)c1. The molecule has 2 aromatic rings. The van der Waals surface area contributed by atoms with Gasteiger partial charge in [0.05, 0.1) is 0 Å². The molecule has 0 fully saturated rings. The molecule has 0 radical (unpaired) electrons. The number of carbonyl (C=O) groups excluding carboxylic acids is 1. The van der Waals surface area contributed by atoms with Crippen LogP contribution in [0, 0.1) is 0 Å². The Morgan fingerprint density at radius 1 is 0.735 bits per heavy atom. The van der Waals surface area contributed by atoms with Crippen LogP contribution in [0.2, 0.25) is 0 Å². The van der Waals surface area contributed by atoms with Gasteiger partial charge in [0, 0.05) is 11.1 Å². The van der Waals surface area contributed by atoms with Crippen LogP contribution in [-0.4, -0.2) is 11.1 Å². The summed E-state index contributed by atoms with van der Waals surface area (Å²) in [5.74, 6) is 0.0642. The zero-order chi connectivity index (χ0) is 26.3. The molecule has 0 saturated heterocycles. The summed E-state index contributed by atoms with van der Waals surface area (Å²) in [6.45, 7) is 25.5. The van der Waals surface area contributed by atoms with Gasteiger partial charge in [0.2, 0.25) is 0 Å². The summed E-state index contributed by atoms with van der Waals surface area (Å²) in [6, 6.07) is 10.1. The lowest BCUT2D eigenvalue weighted by Crippen LogP contribution is -2.23. The number of carbonyl (C=O) groups is 1. The molecule has 1 N–H and O–H groups in total. The zero-order valence-corrected chi connectivity index (χ0v) is 23.6. The van der Waals surface area contributed by atoms with Crippen LogP contribution in [0.4, 0.5) is 0 Å². The second-order valence-electron chi connectivity index (χ2n) is 13.0. The topological polar surface area (TPSA) is 46.5 Å². The highest BCUT2D eigenvalue weighted by molar-refractivity contribution is 5.95. The molecule has 0 saturated carbocycles. The summed E-state index contributed by atoms with van der Waals surface area (Å²) in [4.78, 5) is 13.6. The fourth-order valence-electron chi connectivity index (χ4n) is 3.93. The molecule has 0 atom stereocenters. The molecule has 0 aliphatic heterocycles. The number of ether oxygens (including phenoxy) is 1. The van der Waals surface area contributed by atoms with Crippen LogP contribution in [-0.2, 0) is 21.7 Å². The van der Waals surface area contributed by atoms with Crippen LogP contribution in [0.15, 0.2) is 30.3 Å². The zero-order valence-electron chi connectivity index (χ0n) is 23.6. The van der Waals surface area contributed by atoms with Crippen molar-refractivity contribution in [3.8, 4) is 11.5 Å². The Morgan fingerprint density at radius 3 is 1.76 bits per heavy atom. The van der Waals surface area contributed by atoms with Crippen molar-refractivity contribution in [2.45, 2.75) is 118 Å². The molecule has 2 aromatic carbocycles. The van der Waals surface area contributed by atoms with Gasteiger partial charge in [-0.3, -0.25) is 0 Å². The summed E-state index contributed by atoms with van der Waals surface area (Å²) in [7, 11) is 0. The normalized spacial score (nSPS) is 13.2. The number of esters is 1. The molecule has 188 valence electrons. The predicted molar refractivity (Wildman–Crippen MR) is 144 cm³/mol. The van der Waals surface area contributed by atoms with Crippen LogP contribution >= 0.6 is 0 Å². The van der Waals surface area contributed by atoms with Gasteiger partial charge in [-0.15, -0.1) is 0 Å². The molecule has 0 heterocycles. The van der Waals surface area contributed by atoms with Crippen LogP contribution in [0.25, 0.3) is 0 Å². The van der Waals surface area contributed by atoms with Crippen molar-refractivity contribution in [1.82, 2.24) is 0 Å². The van der Waals surface area contributed by atoms with E-state index in [1.165, 1.54) is 0 Å². The van der Waals surface area contributed by atoms with Crippen LogP contribution in [0.3, 0.4) is 0 Å². The first-order chi connectivity index (χ1) is 15.3. The van der Waals surface area contributed by atoms with E-state index < -0.39 is 5.97 Å². The Balaban J connectivity index is 2.70. The van der Waals surface area contributed by atoms with Gasteiger partial charge in [-0.1, -0.05) is 101 Å². The predicted octanol–water partition coefficient (Wildman–Crippen LogP) is 8.58. The number of aromatic hydroxyl groups is 1. The molecule has 0 aromatic heterocycles. The van der Waals surface area contributed by atoms with Gasteiger partial charge in [-0.2, -0.15) is 0 Å². The summed E-state index contributed by atoms with van der Waals surface area (Å²) >= 11 is 0. The molecule has 0 aliphatic rings. The van der Waals surface area contributed by atoms with Crippen LogP contribution in [0.5, 0.6) is 11.5 Å². The van der Waals surface area contributed by atoms with E-state index in [1.54, 1.807) is 6.07 Å². The summed E-state index contributed by atoms with van der Waals surface area (Å²) in [5, 5.41) is 11.2. The number of phenols is 1. The highest BCUT2D eigenvalue weighted by Gasteiger charge is 2.30. The molecule has 0 amide bonds. The lowest BCUT2D eigenvalue weighted by atomic mass is 9.77. The third-order valence-corrected chi connectivity index (χ3v) is 7.47. The van der Waals surface area contributed by atoms with E-state index >= 15 is 0 Å². The minimum Gasteiger partial charge on any atom is -0.507 e. The van der Waals surface area contributed by atoms with Gasteiger partial charge >= 0.3 is 5.97 Å². The first-order valence-corrected chi connectivity index (χ1v) is 12.6. The van der Waals surface area contributed by atoms with Crippen molar-refractivity contribution >= 4 is 5.97 Å². The molecule has 3 nitrogen and oxygen atoms in total. The summed E-state index contributed by atoms with van der Waals surface area (Å²) in [6.07, 6.45) is 1.88. The molecule has 0 unspecified atom stereocenters. The van der Waals surface area contributed by atoms with E-state index in [-0.39, 0.29) is 33.0 Å². The van der Waals surface area contributed by atoms with Gasteiger partial charge in [0.1, 0.15) is 17.1 Å². The number of phenolic OH excluding ortho intramolecular Hbond substituents is 1. The lowest BCUT2D eigenvalue weighted by molar-refractivity contribution is 0.0727. The monoisotopic (exact) mass is 466 g/mol. The van der Waals surface area contributed by atoms with Gasteiger partial charge < -0.3 is 9.84 Å². The number of rotatable bonds is 6. The Bertz CT molecular complexity index is 1040. The Hall–Kier alpha value is -2.29. The largest absolute Gasteiger partial charge is 0.507 e. The van der Waals surface area contributed by atoms with Crippen molar-refractivity contribution in [2.24, 2.45) is 0 Å². The maximum absolute atomic E-state index is 13.6. The van der Waals surface area contributed by atoms with E-state index in [2.05, 4.69) is 74.4 Å². The molecule has 0 bridgehead atoms. The fraction of sp³-hybridized carbons (Fsp3) is 0.581.